The van der Waals surface area contributed by atoms with Crippen molar-refractivity contribution in [3.05, 3.63) is 351 Å². The van der Waals surface area contributed by atoms with Crippen molar-refractivity contribution in [2.24, 2.45) is 0 Å². The Hall–Kier alpha value is -11.8. The Kier molecular flexibility index (Phi) is 19.9. The molecular formula is C93H80BIN8O2-2. The lowest BCUT2D eigenvalue weighted by atomic mass is 9.80. The molecule has 0 radical (unpaired) electrons. The van der Waals surface area contributed by atoms with Gasteiger partial charge in [-0.1, -0.05) is 243 Å². The second kappa shape index (κ2) is 29.1. The number of hydrogen-bond donors (Lipinski definition) is 3. The molecule has 0 bridgehead atoms. The van der Waals surface area contributed by atoms with Crippen LogP contribution in [-0.4, -0.2) is 50.8 Å². The molecule has 10 nitrogen and oxygen atoms in total. The SMILES string of the molecule is C.C.CC1(C)c2cc(-c3ccc(-n4c(-c5ccccc5)nc5ccccc54)cc3)ccc2-c2cc3cccnc3cc21.CC1(C)c2cc(N)ccc2-c2ccc(-c3ccc(-n4c(-c5ccccc5)nc5ccccc54)cc3)cc21.OB(O)c1ccc(-n2c(-c3ccccc3)nc3ccccc32)cc1.[CH3-].[I-]. The van der Waals surface area contributed by atoms with Crippen molar-refractivity contribution in [3.63, 3.8) is 0 Å². The third kappa shape index (κ3) is 12.9. The van der Waals surface area contributed by atoms with Gasteiger partial charge < -0.3 is 47.2 Å². The van der Waals surface area contributed by atoms with Gasteiger partial charge in [-0.15, -0.1) is 0 Å². The zero-order valence-corrected chi connectivity index (χ0v) is 59.8. The van der Waals surface area contributed by atoms with Gasteiger partial charge in [0.2, 0.25) is 0 Å². The number of pyridine rings is 1. The summed E-state index contributed by atoms with van der Waals surface area (Å²) in [5.74, 6) is 2.76. The zero-order chi connectivity index (χ0) is 68.5. The number of fused-ring (bicyclic) bond motifs is 10. The summed E-state index contributed by atoms with van der Waals surface area (Å²) in [6.07, 6.45) is 1.88. The van der Waals surface area contributed by atoms with Gasteiger partial charge in [0.25, 0.3) is 0 Å². The van der Waals surface area contributed by atoms with Crippen molar-refractivity contribution in [3.8, 4) is 95.7 Å². The van der Waals surface area contributed by atoms with Gasteiger partial charge in [-0.25, -0.2) is 15.0 Å². The van der Waals surface area contributed by atoms with Gasteiger partial charge in [0.15, 0.2) is 0 Å². The maximum absolute atomic E-state index is 9.29. The molecule has 4 aromatic heterocycles. The molecule has 17 aromatic rings. The van der Waals surface area contributed by atoms with Crippen molar-refractivity contribution in [1.82, 2.24) is 33.6 Å². The van der Waals surface area contributed by atoms with Crippen LogP contribution in [0.15, 0.2) is 322 Å². The first-order chi connectivity index (χ1) is 49.3. The van der Waals surface area contributed by atoms with E-state index in [9.17, 15) is 10.0 Å². The fraction of sp³-hybridized carbons (Fsp3) is 0.0860. The molecule has 2 aliphatic carbocycles. The minimum absolute atomic E-state index is 0. The number of aromatic nitrogens is 7. The molecular weight excluding hydrogens is 1400 g/mol. The second-order valence-electron chi connectivity index (χ2n) is 27.1. The van der Waals surface area contributed by atoms with Crippen LogP contribution in [0, 0.1) is 7.43 Å². The van der Waals surface area contributed by atoms with Crippen molar-refractivity contribution in [2.75, 3.05) is 5.73 Å². The van der Waals surface area contributed by atoms with E-state index in [-0.39, 0.29) is 57.1 Å². The van der Waals surface area contributed by atoms with Crippen LogP contribution in [0.5, 0.6) is 0 Å². The van der Waals surface area contributed by atoms with Crippen LogP contribution in [0.3, 0.4) is 0 Å². The average molecular weight is 1480 g/mol. The molecule has 0 aliphatic heterocycles. The van der Waals surface area contributed by atoms with Crippen LogP contribution in [0.1, 0.15) is 64.8 Å². The van der Waals surface area contributed by atoms with E-state index in [1.807, 2.05) is 109 Å². The van der Waals surface area contributed by atoms with Crippen LogP contribution in [-0.2, 0) is 10.8 Å². The number of imidazole rings is 3. The van der Waals surface area contributed by atoms with Crippen LogP contribution >= 0.6 is 0 Å². The van der Waals surface area contributed by atoms with Gasteiger partial charge >= 0.3 is 7.12 Å². The summed E-state index contributed by atoms with van der Waals surface area (Å²) < 4.78 is 6.59. The molecule has 516 valence electrons. The Labute approximate surface area is 631 Å². The number of hydrogen-bond acceptors (Lipinski definition) is 7. The number of nitrogens with two attached hydrogens (primary N) is 1. The van der Waals surface area contributed by atoms with Crippen LogP contribution in [0.25, 0.3) is 140 Å². The van der Waals surface area contributed by atoms with Crippen LogP contribution < -0.4 is 35.2 Å². The smallest absolute Gasteiger partial charge is 0.488 e. The lowest BCUT2D eigenvalue weighted by Crippen LogP contribution is -3.00. The molecule has 0 saturated heterocycles. The summed E-state index contributed by atoms with van der Waals surface area (Å²) in [6.45, 7) is 9.24. The monoisotopic (exact) mass is 1480 g/mol. The molecule has 0 amide bonds. The highest BCUT2D eigenvalue weighted by atomic mass is 127. The van der Waals surface area contributed by atoms with Crippen molar-refractivity contribution in [2.45, 2.75) is 53.4 Å². The maximum atomic E-state index is 9.29. The molecule has 0 saturated carbocycles. The largest absolute Gasteiger partial charge is 1.00 e. The minimum Gasteiger partial charge on any atom is -1.00 e. The number of nitrogen functional groups attached to an aromatic ring is 1. The van der Waals surface area contributed by atoms with E-state index in [1.165, 1.54) is 72.1 Å². The Bertz CT molecular complexity index is 5990. The third-order valence-corrected chi connectivity index (χ3v) is 20.2. The van der Waals surface area contributed by atoms with E-state index < -0.39 is 7.12 Å². The summed E-state index contributed by atoms with van der Waals surface area (Å²) >= 11 is 0. The van der Waals surface area contributed by atoms with Crippen molar-refractivity contribution in [1.29, 1.82) is 0 Å². The third-order valence-electron chi connectivity index (χ3n) is 20.2. The normalized spacial score (nSPS) is 12.4. The molecule has 12 heteroatoms. The highest BCUT2D eigenvalue weighted by Gasteiger charge is 2.37. The Morgan fingerprint density at radius 1 is 0.324 bits per heavy atom. The van der Waals surface area contributed by atoms with Crippen molar-refractivity contribution >= 4 is 62.3 Å². The second-order valence-corrected chi connectivity index (χ2v) is 27.1. The summed E-state index contributed by atoms with van der Waals surface area (Å²) in [4.78, 5) is 19.4. The molecule has 4 heterocycles. The van der Waals surface area contributed by atoms with E-state index in [0.717, 1.165) is 95.5 Å². The van der Waals surface area contributed by atoms with Crippen molar-refractivity contribution < 1.29 is 34.0 Å². The van der Waals surface area contributed by atoms with Crippen LogP contribution in [0.2, 0.25) is 0 Å². The fourth-order valence-electron chi connectivity index (χ4n) is 15.0. The highest BCUT2D eigenvalue weighted by molar-refractivity contribution is 6.58. The molecule has 0 unspecified atom stereocenters. The number of anilines is 1. The van der Waals surface area contributed by atoms with Gasteiger partial charge in [0.1, 0.15) is 17.5 Å². The van der Waals surface area contributed by atoms with Gasteiger partial charge in [0, 0.05) is 61.9 Å². The predicted molar refractivity (Wildman–Crippen MR) is 435 cm³/mol. The molecule has 105 heavy (non-hydrogen) atoms. The minimum atomic E-state index is -1.47. The van der Waals surface area contributed by atoms with E-state index >= 15 is 0 Å². The highest BCUT2D eigenvalue weighted by Crippen LogP contribution is 2.52. The van der Waals surface area contributed by atoms with E-state index in [2.05, 4.69) is 247 Å². The van der Waals surface area contributed by atoms with Crippen LogP contribution in [0.4, 0.5) is 5.69 Å². The predicted octanol–water partition coefficient (Wildman–Crippen LogP) is 18.6. The van der Waals surface area contributed by atoms with Gasteiger partial charge in [0.05, 0.1) is 38.6 Å². The molecule has 13 aromatic carbocycles. The average Bonchev–Trinajstić information content (AvgIpc) is 1.58. The summed E-state index contributed by atoms with van der Waals surface area (Å²) in [5.41, 5.74) is 36.2. The van der Waals surface area contributed by atoms with Gasteiger partial charge in [-0.3, -0.25) is 18.7 Å². The lowest BCUT2D eigenvalue weighted by Gasteiger charge is -2.22. The van der Waals surface area contributed by atoms with Gasteiger partial charge in [-0.05, 0) is 187 Å². The standard InChI is InChI=1S/C37H27N3.C34H27N3.C19H15BN2O2.2CH4.CH3.HI/c1-37(2)31-22-26(16-19-29(31)30-21-27-11-8-20-38-34(27)23-32(30)37)24-14-17-28(18-15-24)40-35-13-7-6-12-33(35)39-36(40)25-9-4-3-5-10-25;1-34(2)29-20-24(14-18-27(29)28-19-15-25(35)21-30(28)34)22-12-16-26(17-13-22)37-32-11-7-6-10-31(32)36-33(37)23-8-4-3-5-9-23;23-20(24)15-10-12-16(13-11-15)22-18-9-5-4-8-17(18)21-19(22)14-6-2-1-3-7-14;;;;/h3-23H,1-2H3;3-21H,35H2,1-2H3;1-13,23-24H;2*1H4;1H3;1H/q;;;;;-1;/p-1. The zero-order valence-electron chi connectivity index (χ0n) is 57.7. The van der Waals surface area contributed by atoms with Gasteiger partial charge in [-0.2, -0.15) is 0 Å². The van der Waals surface area contributed by atoms with E-state index in [0.29, 0.717) is 5.46 Å². The topological polar surface area (TPSA) is 133 Å². The molecule has 0 fully saturated rings. The summed E-state index contributed by atoms with van der Waals surface area (Å²) in [5, 5.41) is 19.8. The lowest BCUT2D eigenvalue weighted by molar-refractivity contribution is -0.0000235. The quantitative estimate of drug-likeness (QED) is 0.0567. The molecule has 0 spiro atoms. The molecule has 19 rings (SSSR count). The first-order valence-electron chi connectivity index (χ1n) is 34.2. The number of nitrogens with zero attached hydrogens (tertiary/aromatic N) is 7. The number of benzene rings is 13. The number of rotatable bonds is 9. The first-order valence-corrected chi connectivity index (χ1v) is 34.2. The molecule has 2 aliphatic rings. The molecule has 4 N–H and O–H groups in total. The van der Waals surface area contributed by atoms with E-state index in [4.69, 9.17) is 20.7 Å². The Morgan fingerprint density at radius 3 is 1.08 bits per heavy atom. The van der Waals surface area contributed by atoms with E-state index in [1.54, 1.807) is 12.1 Å². The first kappa shape index (κ1) is 71.6. The maximum Gasteiger partial charge on any atom is 0.488 e. The number of para-hydroxylation sites is 6. The summed E-state index contributed by atoms with van der Waals surface area (Å²) in [7, 11) is -1.47. The molecule has 0 atom stereocenters. The Morgan fingerprint density at radius 2 is 0.667 bits per heavy atom. The Balaban J connectivity index is 0.000000141. The fourth-order valence-corrected chi connectivity index (χ4v) is 15.0. The summed E-state index contributed by atoms with van der Waals surface area (Å²) in [6, 6.07) is 109. The number of halogens is 1.